The van der Waals surface area contributed by atoms with Crippen molar-refractivity contribution < 1.29 is 48.2 Å². The van der Waals surface area contributed by atoms with E-state index >= 15 is 0 Å². The molecule has 2 N–H and O–H groups in total. The molecule has 45 heavy (non-hydrogen) atoms. The lowest BCUT2D eigenvalue weighted by Crippen LogP contribution is -2.59. The number of aliphatic hydroxyl groups excluding tert-OH is 1. The van der Waals surface area contributed by atoms with Crippen LogP contribution in [0.5, 0.6) is 0 Å². The summed E-state index contributed by atoms with van der Waals surface area (Å²) in [4.78, 5) is 28.6. The van der Waals surface area contributed by atoms with E-state index in [4.69, 9.17) is 28.4 Å². The molecule has 4 unspecified atom stereocenters. The molecule has 0 aromatic rings. The van der Waals surface area contributed by atoms with Gasteiger partial charge in [-0.3, -0.25) is 4.79 Å². The second kappa shape index (κ2) is 15.4. The van der Waals surface area contributed by atoms with Gasteiger partial charge in [-0.2, -0.15) is 0 Å². The SMILES string of the molecule is CC[C@@H](O)[C@@](C)(O)/C=C(\C)C(=O)[C@H](C)C[C@@](C)(OC)[C@H](OC1OC(C)CC(N(C)C)C1OC)[C@@H](C)C1=C(C)C(=O)OC(C)(C)O1. The van der Waals surface area contributed by atoms with E-state index in [-0.39, 0.29) is 24.3 Å². The molecule has 2 aliphatic heterocycles. The fraction of sp³-hybridized carbons (Fsp3) is 0.824. The van der Waals surface area contributed by atoms with Gasteiger partial charge < -0.3 is 43.5 Å². The molecular formula is C34H59NO10. The number of nitrogens with zero attached hydrogens (tertiary/aromatic N) is 1. The van der Waals surface area contributed by atoms with Gasteiger partial charge in [0.1, 0.15) is 17.5 Å². The summed E-state index contributed by atoms with van der Waals surface area (Å²) in [5, 5.41) is 21.0. The Morgan fingerprint density at radius 3 is 2.31 bits per heavy atom. The molecule has 2 heterocycles. The number of allylic oxidation sites excluding steroid dienone is 1. The average Bonchev–Trinajstić information content (AvgIpc) is 2.95. The maximum atomic E-state index is 13.6. The van der Waals surface area contributed by atoms with Crippen LogP contribution in [0.25, 0.3) is 0 Å². The van der Waals surface area contributed by atoms with Crippen molar-refractivity contribution in [2.24, 2.45) is 11.8 Å². The smallest absolute Gasteiger partial charge is 0.340 e. The Hall–Kier alpha value is -1.86. The van der Waals surface area contributed by atoms with Crippen LogP contribution in [0.3, 0.4) is 0 Å². The fourth-order valence-corrected chi connectivity index (χ4v) is 6.59. The Morgan fingerprint density at radius 2 is 1.80 bits per heavy atom. The second-order valence-electron chi connectivity index (χ2n) is 14.0. The number of carbonyl (C=O) groups is 2. The molecule has 10 atom stereocenters. The van der Waals surface area contributed by atoms with Gasteiger partial charge in [0, 0.05) is 45.9 Å². The first-order valence-electron chi connectivity index (χ1n) is 16.0. The number of hydrogen-bond donors (Lipinski definition) is 2. The molecule has 0 amide bonds. The van der Waals surface area contributed by atoms with E-state index in [0.29, 0.717) is 23.3 Å². The largest absolute Gasteiger partial charge is 0.456 e. The molecule has 0 saturated carbocycles. The topological polar surface area (TPSA) is 133 Å². The third kappa shape index (κ3) is 9.37. The number of hydrogen-bond acceptors (Lipinski definition) is 11. The fourth-order valence-electron chi connectivity index (χ4n) is 6.59. The number of cyclic esters (lactones) is 1. The van der Waals surface area contributed by atoms with Gasteiger partial charge in [0.25, 0.3) is 0 Å². The lowest BCUT2D eigenvalue weighted by molar-refractivity contribution is -0.302. The number of methoxy groups -OCH3 is 2. The zero-order valence-electron chi connectivity index (χ0n) is 29.9. The molecule has 11 nitrogen and oxygen atoms in total. The van der Waals surface area contributed by atoms with Gasteiger partial charge in [0.15, 0.2) is 12.1 Å². The highest BCUT2D eigenvalue weighted by molar-refractivity contribution is 5.96. The highest BCUT2D eigenvalue weighted by atomic mass is 16.7. The monoisotopic (exact) mass is 641 g/mol. The van der Waals surface area contributed by atoms with Crippen LogP contribution in [0, 0.1) is 11.8 Å². The normalized spacial score (nSPS) is 29.6. The number of likely N-dealkylation sites (N-methyl/N-ethyl adjacent to an activating group) is 1. The molecule has 260 valence electrons. The van der Waals surface area contributed by atoms with Crippen LogP contribution in [0.1, 0.15) is 88.5 Å². The lowest BCUT2D eigenvalue weighted by atomic mass is 9.78. The van der Waals surface area contributed by atoms with Crippen LogP contribution in [0.2, 0.25) is 0 Å². The van der Waals surface area contributed by atoms with E-state index in [2.05, 4.69) is 4.90 Å². The van der Waals surface area contributed by atoms with Crippen LogP contribution < -0.4 is 0 Å². The zero-order valence-corrected chi connectivity index (χ0v) is 29.9. The minimum absolute atomic E-state index is 0.00820. The standard InChI is InChI=1S/C34H59NO10/c1-15-25(36)33(9,39)17-19(2)26(37)20(3)18-34(10,41-14)29(22(5)27-23(6)30(38)45-32(7,8)44-27)43-31-28(40-13)24(35(11)12)16-21(4)42-31/h17,20-22,24-25,28-29,31,36,39H,15-16,18H2,1-14H3/b19-17+/t20-,21?,22+,24?,25-,28?,29-,31?,33+,34-/m1/s1. The van der Waals surface area contributed by atoms with Crippen LogP contribution >= 0.6 is 0 Å². The van der Waals surface area contributed by atoms with Gasteiger partial charge in [-0.25, -0.2) is 4.79 Å². The van der Waals surface area contributed by atoms with Gasteiger partial charge in [-0.1, -0.05) is 20.8 Å². The van der Waals surface area contributed by atoms with Crippen molar-refractivity contribution in [3.05, 3.63) is 23.0 Å². The molecule has 0 aromatic heterocycles. The first-order chi connectivity index (χ1) is 20.6. The minimum atomic E-state index is -1.56. The molecule has 0 aliphatic carbocycles. The van der Waals surface area contributed by atoms with Crippen LogP contribution in [0.15, 0.2) is 23.0 Å². The van der Waals surface area contributed by atoms with E-state index in [1.165, 1.54) is 13.0 Å². The van der Waals surface area contributed by atoms with Crippen molar-refractivity contribution in [3.63, 3.8) is 0 Å². The van der Waals surface area contributed by atoms with Gasteiger partial charge in [0.05, 0.1) is 29.5 Å². The number of Topliss-reactive ketones (excluding diaryl/α,β-unsaturated/α-hetero) is 1. The van der Waals surface area contributed by atoms with E-state index in [1.807, 2.05) is 34.9 Å². The zero-order chi connectivity index (χ0) is 34.7. The molecule has 1 saturated heterocycles. The Bertz CT molecular complexity index is 1100. The summed E-state index contributed by atoms with van der Waals surface area (Å²) in [7, 11) is 7.17. The molecule has 0 radical (unpaired) electrons. The summed E-state index contributed by atoms with van der Waals surface area (Å²) in [6.45, 7) is 17.4. The number of carbonyl (C=O) groups excluding carboxylic acids is 2. The number of aliphatic hydroxyl groups is 2. The maximum absolute atomic E-state index is 13.6. The molecule has 2 rings (SSSR count). The summed E-state index contributed by atoms with van der Waals surface area (Å²) >= 11 is 0. The van der Waals surface area contributed by atoms with E-state index < -0.39 is 59.4 Å². The Balaban J connectivity index is 2.59. The van der Waals surface area contributed by atoms with Gasteiger partial charge in [0.2, 0.25) is 5.79 Å². The minimum Gasteiger partial charge on any atom is -0.456 e. The van der Waals surface area contributed by atoms with Crippen molar-refractivity contribution in [2.75, 3.05) is 28.3 Å². The Morgan fingerprint density at radius 1 is 1.20 bits per heavy atom. The Labute approximate surface area is 270 Å². The molecular weight excluding hydrogens is 582 g/mol. The van der Waals surface area contributed by atoms with Gasteiger partial charge in [-0.15, -0.1) is 0 Å². The first-order valence-corrected chi connectivity index (χ1v) is 16.0. The highest BCUT2D eigenvalue weighted by Crippen LogP contribution is 2.41. The van der Waals surface area contributed by atoms with E-state index in [1.54, 1.807) is 55.8 Å². The first kappa shape index (κ1) is 39.3. The van der Waals surface area contributed by atoms with Crippen LogP contribution in [-0.4, -0.2) is 109 Å². The third-order valence-electron chi connectivity index (χ3n) is 9.23. The Kier molecular flexibility index (Phi) is 13.4. The average molecular weight is 642 g/mol. The number of ketones is 1. The predicted octanol–water partition coefficient (Wildman–Crippen LogP) is 4.14. The van der Waals surface area contributed by atoms with Crippen molar-refractivity contribution >= 4 is 11.8 Å². The molecule has 0 bridgehead atoms. The van der Waals surface area contributed by atoms with Gasteiger partial charge >= 0.3 is 5.97 Å². The summed E-state index contributed by atoms with van der Waals surface area (Å²) in [6, 6.07) is 0.00820. The summed E-state index contributed by atoms with van der Waals surface area (Å²) < 4.78 is 37.0. The maximum Gasteiger partial charge on any atom is 0.340 e. The van der Waals surface area contributed by atoms with Crippen molar-refractivity contribution in [1.82, 2.24) is 4.90 Å². The van der Waals surface area contributed by atoms with Crippen LogP contribution in [-0.2, 0) is 38.0 Å². The summed E-state index contributed by atoms with van der Waals surface area (Å²) in [5.41, 5.74) is -2.00. The second-order valence-corrected chi connectivity index (χ2v) is 14.0. The van der Waals surface area contributed by atoms with Crippen molar-refractivity contribution in [1.29, 1.82) is 0 Å². The molecule has 11 heteroatoms. The van der Waals surface area contributed by atoms with E-state index in [0.717, 1.165) is 6.42 Å². The van der Waals surface area contributed by atoms with Crippen molar-refractivity contribution in [3.8, 4) is 0 Å². The number of ether oxygens (including phenoxy) is 6. The van der Waals surface area contributed by atoms with E-state index in [9.17, 15) is 19.8 Å². The van der Waals surface area contributed by atoms with Crippen LogP contribution in [0.4, 0.5) is 0 Å². The molecule has 0 spiro atoms. The van der Waals surface area contributed by atoms with Crippen molar-refractivity contribution in [2.45, 2.75) is 142 Å². The summed E-state index contributed by atoms with van der Waals surface area (Å²) in [6.07, 6.45) is -0.442. The highest BCUT2D eigenvalue weighted by Gasteiger charge is 2.50. The predicted molar refractivity (Wildman–Crippen MR) is 170 cm³/mol. The van der Waals surface area contributed by atoms with Gasteiger partial charge in [-0.05, 0) is 79.6 Å². The number of esters is 1. The molecule has 1 fully saturated rings. The molecule has 2 aliphatic rings. The lowest BCUT2D eigenvalue weighted by Gasteiger charge is -2.48. The quantitative estimate of drug-likeness (QED) is 0.197. The molecule has 0 aromatic carbocycles. The summed E-state index contributed by atoms with van der Waals surface area (Å²) in [5.74, 6) is -2.58. The number of rotatable bonds is 15. The third-order valence-corrected chi connectivity index (χ3v) is 9.23.